The third-order valence-corrected chi connectivity index (χ3v) is 8.38. The number of amides is 2. The highest BCUT2D eigenvalue weighted by molar-refractivity contribution is 7.47. The number of phosphoric ester groups is 1. The second-order valence-corrected chi connectivity index (χ2v) is 13.1. The fourth-order valence-corrected chi connectivity index (χ4v) is 6.04. The van der Waals surface area contributed by atoms with Crippen molar-refractivity contribution in [2.75, 3.05) is 32.8 Å². The highest BCUT2D eigenvalue weighted by Crippen LogP contribution is 2.47. The molecular formula is C27H48N3O9P. The van der Waals surface area contributed by atoms with Crippen LogP contribution in [0.1, 0.15) is 79.6 Å². The van der Waals surface area contributed by atoms with E-state index in [1.165, 1.54) is 4.90 Å². The first-order chi connectivity index (χ1) is 18.7. The first-order valence-corrected chi connectivity index (χ1v) is 15.8. The number of Topliss-reactive ketones (excluding diaryl/α,β-unsaturated/α-hetero) is 2. The number of phosphoric acid groups is 1. The molecule has 0 aromatic carbocycles. The number of rotatable bonds is 17. The summed E-state index contributed by atoms with van der Waals surface area (Å²) >= 11 is 0. The van der Waals surface area contributed by atoms with Crippen LogP contribution in [0.4, 0.5) is 0 Å². The zero-order chi connectivity index (χ0) is 30.0. The maximum absolute atomic E-state index is 12.9. The van der Waals surface area contributed by atoms with E-state index in [0.29, 0.717) is 25.4 Å². The van der Waals surface area contributed by atoms with Crippen LogP contribution in [0.15, 0.2) is 0 Å². The van der Waals surface area contributed by atoms with Crippen molar-refractivity contribution >= 4 is 31.2 Å². The summed E-state index contributed by atoms with van der Waals surface area (Å²) in [6.45, 7) is 10.0. The number of nitrogens with zero attached hydrogens (tertiary/aromatic N) is 2. The molecule has 5 atom stereocenters. The molecule has 2 aliphatic rings. The van der Waals surface area contributed by atoms with Gasteiger partial charge in [0, 0.05) is 44.3 Å². The first-order valence-electron chi connectivity index (χ1n) is 14.4. The quantitative estimate of drug-likeness (QED) is 0.130. The molecule has 5 unspecified atom stereocenters. The average Bonchev–Trinajstić information content (AvgIpc) is 3.46. The fraction of sp³-hybridized carbons (Fsp3) is 0.852. The summed E-state index contributed by atoms with van der Waals surface area (Å²) in [5.41, 5.74) is 0. The van der Waals surface area contributed by atoms with Crippen LogP contribution in [0.25, 0.3) is 0 Å². The fourth-order valence-electron chi connectivity index (χ4n) is 5.09. The zero-order valence-corrected chi connectivity index (χ0v) is 25.4. The van der Waals surface area contributed by atoms with E-state index in [2.05, 4.69) is 5.32 Å². The molecule has 2 amide bonds. The largest absolute Gasteiger partial charge is 0.472 e. The molecule has 0 aromatic heterocycles. The predicted octanol–water partition coefficient (Wildman–Crippen LogP) is 2.06. The summed E-state index contributed by atoms with van der Waals surface area (Å²) in [4.78, 5) is 62.9. The Kier molecular flexibility index (Phi) is 13.9. The van der Waals surface area contributed by atoms with Crippen LogP contribution in [0.2, 0.25) is 0 Å². The van der Waals surface area contributed by atoms with Gasteiger partial charge in [-0.05, 0) is 31.7 Å². The minimum absolute atomic E-state index is 0.0334. The standard InChI is InChI=1S/C27H48N3O9P/c1-18(2)25(33)13-27(35)30-15-24(12-21(30)16-31)39-40(36,37)38-17-22-11-20(5)14-29(22)26(34)9-8-23(32)7-6-10-28-19(3)4/h18-22,24,28,31H,6-17H2,1-5H3,(H,36,37). The molecule has 2 saturated heterocycles. The van der Waals surface area contributed by atoms with Gasteiger partial charge in [0.25, 0.3) is 0 Å². The van der Waals surface area contributed by atoms with Crippen LogP contribution in [-0.2, 0) is 32.8 Å². The van der Waals surface area contributed by atoms with Crippen molar-refractivity contribution in [3.63, 3.8) is 0 Å². The van der Waals surface area contributed by atoms with Crippen molar-refractivity contribution in [2.24, 2.45) is 11.8 Å². The molecule has 0 spiro atoms. The molecule has 0 saturated carbocycles. The summed E-state index contributed by atoms with van der Waals surface area (Å²) < 4.78 is 23.4. The lowest BCUT2D eigenvalue weighted by Gasteiger charge is -2.26. The SMILES string of the molecule is CC1CC(COP(=O)(O)OC2CC(CO)N(C(=O)CC(=O)C(C)C)C2)N(C(=O)CCC(=O)CCCNC(C)C)C1. The Balaban J connectivity index is 1.84. The van der Waals surface area contributed by atoms with Crippen molar-refractivity contribution < 1.29 is 42.8 Å². The van der Waals surface area contributed by atoms with Crippen LogP contribution in [0.3, 0.4) is 0 Å². The van der Waals surface area contributed by atoms with Gasteiger partial charge in [0.15, 0.2) is 0 Å². The Morgan fingerprint density at radius 2 is 1.65 bits per heavy atom. The van der Waals surface area contributed by atoms with E-state index in [1.54, 1.807) is 18.7 Å². The van der Waals surface area contributed by atoms with Gasteiger partial charge in [0.1, 0.15) is 11.6 Å². The van der Waals surface area contributed by atoms with Gasteiger partial charge < -0.3 is 25.1 Å². The molecule has 2 fully saturated rings. The van der Waals surface area contributed by atoms with Crippen LogP contribution in [0, 0.1) is 11.8 Å². The third-order valence-electron chi connectivity index (χ3n) is 7.34. The number of aliphatic hydroxyl groups is 1. The number of hydrogen-bond donors (Lipinski definition) is 3. The van der Waals surface area contributed by atoms with Crippen LogP contribution in [-0.4, -0.2) is 100 Å². The summed E-state index contributed by atoms with van der Waals surface area (Å²) in [5, 5.41) is 12.9. The maximum atomic E-state index is 12.9. The van der Waals surface area contributed by atoms with E-state index < -0.39 is 31.9 Å². The molecule has 2 aliphatic heterocycles. The Bertz CT molecular complexity index is 929. The number of carbonyl (C=O) groups is 4. The monoisotopic (exact) mass is 589 g/mol. The number of carbonyl (C=O) groups excluding carboxylic acids is 4. The normalized spacial score (nSPS) is 24.6. The lowest BCUT2D eigenvalue weighted by molar-refractivity contribution is -0.137. The van der Waals surface area contributed by atoms with Gasteiger partial charge in [-0.25, -0.2) is 4.57 Å². The van der Waals surface area contributed by atoms with Crippen molar-refractivity contribution in [3.8, 4) is 0 Å². The molecule has 40 heavy (non-hydrogen) atoms. The average molecular weight is 590 g/mol. The third kappa shape index (κ3) is 11.3. The molecule has 0 aliphatic carbocycles. The molecule has 3 N–H and O–H groups in total. The second kappa shape index (κ2) is 16.1. The molecular weight excluding hydrogens is 541 g/mol. The Morgan fingerprint density at radius 3 is 2.27 bits per heavy atom. The van der Waals surface area contributed by atoms with Crippen LogP contribution < -0.4 is 5.32 Å². The summed E-state index contributed by atoms with van der Waals surface area (Å²) in [5.74, 6) is -0.979. The maximum Gasteiger partial charge on any atom is 0.472 e. The van der Waals surface area contributed by atoms with E-state index in [0.717, 1.165) is 13.0 Å². The molecule has 0 radical (unpaired) electrons. The Hall–Kier alpha value is -1.69. The minimum atomic E-state index is -4.55. The first kappa shape index (κ1) is 34.5. The summed E-state index contributed by atoms with van der Waals surface area (Å²) in [6, 6.07) is -0.699. The molecule has 0 bridgehead atoms. The molecule has 0 aromatic rings. The summed E-state index contributed by atoms with van der Waals surface area (Å²) in [6.07, 6.45) is 0.924. The van der Waals surface area contributed by atoms with Crippen molar-refractivity contribution in [1.82, 2.24) is 15.1 Å². The van der Waals surface area contributed by atoms with E-state index in [-0.39, 0.29) is 74.8 Å². The van der Waals surface area contributed by atoms with E-state index in [9.17, 15) is 33.7 Å². The number of ketones is 2. The number of likely N-dealkylation sites (tertiary alicyclic amines) is 2. The van der Waals surface area contributed by atoms with E-state index in [4.69, 9.17) is 9.05 Å². The van der Waals surface area contributed by atoms with Crippen molar-refractivity contribution in [1.29, 1.82) is 0 Å². The van der Waals surface area contributed by atoms with E-state index >= 15 is 0 Å². The van der Waals surface area contributed by atoms with Crippen molar-refractivity contribution in [2.45, 2.75) is 104 Å². The minimum Gasteiger partial charge on any atom is -0.394 e. The van der Waals surface area contributed by atoms with Crippen molar-refractivity contribution in [3.05, 3.63) is 0 Å². The van der Waals surface area contributed by atoms with Crippen LogP contribution >= 0.6 is 7.82 Å². The summed E-state index contributed by atoms with van der Waals surface area (Å²) in [7, 11) is -4.55. The molecule has 230 valence electrons. The number of aliphatic hydroxyl groups excluding tert-OH is 1. The molecule has 12 nitrogen and oxygen atoms in total. The van der Waals surface area contributed by atoms with Gasteiger partial charge >= 0.3 is 7.82 Å². The molecule has 2 rings (SSSR count). The lowest BCUT2D eigenvalue weighted by atomic mass is 10.1. The zero-order valence-electron chi connectivity index (χ0n) is 24.5. The van der Waals surface area contributed by atoms with Gasteiger partial charge in [-0.3, -0.25) is 28.2 Å². The predicted molar refractivity (Wildman–Crippen MR) is 148 cm³/mol. The smallest absolute Gasteiger partial charge is 0.394 e. The van der Waals surface area contributed by atoms with Gasteiger partial charge in [-0.15, -0.1) is 0 Å². The van der Waals surface area contributed by atoms with Gasteiger partial charge in [0.05, 0.1) is 37.8 Å². The topological polar surface area (TPSA) is 163 Å². The Labute approximate surface area is 237 Å². The van der Waals surface area contributed by atoms with Crippen LogP contribution in [0.5, 0.6) is 0 Å². The second-order valence-electron chi connectivity index (χ2n) is 11.7. The van der Waals surface area contributed by atoms with Gasteiger partial charge in [-0.2, -0.15) is 0 Å². The molecule has 13 heteroatoms. The number of nitrogens with one attached hydrogen (secondary N) is 1. The highest BCUT2D eigenvalue weighted by Gasteiger charge is 2.41. The van der Waals surface area contributed by atoms with Gasteiger partial charge in [-0.1, -0.05) is 34.6 Å². The Morgan fingerprint density at radius 1 is 0.975 bits per heavy atom. The highest BCUT2D eigenvalue weighted by atomic mass is 31.2. The van der Waals surface area contributed by atoms with Gasteiger partial charge in [0.2, 0.25) is 11.8 Å². The lowest BCUT2D eigenvalue weighted by Crippen LogP contribution is -2.39. The number of hydrogen-bond acceptors (Lipinski definition) is 9. The van der Waals surface area contributed by atoms with E-state index in [1.807, 2.05) is 20.8 Å². The molecule has 2 heterocycles.